The number of ether oxygens (including phenoxy) is 1. The fourth-order valence-electron chi connectivity index (χ4n) is 0.565. The lowest BCUT2D eigenvalue weighted by molar-refractivity contribution is 0.0355. The van der Waals surface area contributed by atoms with Crippen LogP contribution in [0.25, 0.3) is 0 Å². The van der Waals surface area contributed by atoms with Crippen molar-refractivity contribution in [3.05, 3.63) is 0 Å². The van der Waals surface area contributed by atoms with Crippen LogP contribution in [0, 0.1) is 0 Å². The monoisotopic (exact) mass is 190 g/mol. The predicted octanol–water partition coefficient (Wildman–Crippen LogP) is 0.178. The van der Waals surface area contributed by atoms with Gasteiger partial charge in [-0.05, 0) is 27.7 Å². The number of carbonyl (C=O) groups excluding carboxylic acids is 1. The molecule has 0 aliphatic carbocycles. The summed E-state index contributed by atoms with van der Waals surface area (Å²) in [5, 5.41) is 11.4. The normalized spacial score (nSPS) is 16.2. The smallest absolute Gasteiger partial charge is 0.407 e. The molecular formula is C8H18N2O3. The average molecular weight is 190 g/mol. The summed E-state index contributed by atoms with van der Waals surface area (Å²) in [7, 11) is 0. The molecule has 0 saturated carbocycles. The Kier molecular flexibility index (Phi) is 3.69. The minimum absolute atomic E-state index is 0.0398. The Morgan fingerprint density at radius 1 is 1.46 bits per heavy atom. The molecule has 0 aliphatic heterocycles. The molecule has 5 nitrogen and oxygen atoms in total. The zero-order valence-corrected chi connectivity index (χ0v) is 8.55. The maximum Gasteiger partial charge on any atom is 0.407 e. The Bertz CT molecular complexity index is 179. The highest BCUT2D eigenvalue weighted by Gasteiger charge is 2.19. The molecule has 0 bridgehead atoms. The highest BCUT2D eigenvalue weighted by Crippen LogP contribution is 2.06. The maximum absolute atomic E-state index is 11.0. The van der Waals surface area contributed by atoms with Crippen LogP contribution in [0.15, 0.2) is 0 Å². The standard InChI is InChI=1S/C8H18N2O3/c1-7(2,3)13-6(11)10-5-8(4,9)12/h12H,5,9H2,1-4H3,(H,10,11). The number of aliphatic hydroxyl groups is 1. The number of amides is 1. The summed E-state index contributed by atoms with van der Waals surface area (Å²) in [6.07, 6.45) is -0.585. The lowest BCUT2D eigenvalue weighted by Gasteiger charge is -2.22. The molecule has 0 aromatic rings. The van der Waals surface area contributed by atoms with Gasteiger partial charge in [0.1, 0.15) is 11.3 Å². The van der Waals surface area contributed by atoms with Gasteiger partial charge in [-0.2, -0.15) is 0 Å². The Balaban J connectivity index is 3.78. The maximum atomic E-state index is 11.0. The molecule has 1 unspecified atom stereocenters. The second-order valence-corrected chi connectivity index (χ2v) is 4.21. The summed E-state index contributed by atoms with van der Waals surface area (Å²) in [6, 6.07) is 0. The van der Waals surface area contributed by atoms with Crippen LogP contribution >= 0.6 is 0 Å². The van der Waals surface area contributed by atoms with Crippen molar-refractivity contribution in [1.29, 1.82) is 0 Å². The van der Waals surface area contributed by atoms with Gasteiger partial charge >= 0.3 is 6.09 Å². The number of nitrogens with one attached hydrogen (secondary N) is 1. The first-order valence-electron chi connectivity index (χ1n) is 4.08. The van der Waals surface area contributed by atoms with E-state index in [-0.39, 0.29) is 6.54 Å². The molecule has 0 radical (unpaired) electrons. The summed E-state index contributed by atoms with van der Waals surface area (Å²) in [5.74, 6) is 0. The van der Waals surface area contributed by atoms with Crippen LogP contribution in [0.3, 0.4) is 0 Å². The van der Waals surface area contributed by atoms with E-state index in [9.17, 15) is 4.79 Å². The molecule has 1 amide bonds. The number of nitrogens with two attached hydrogens (primary N) is 1. The molecule has 1 atom stereocenters. The topological polar surface area (TPSA) is 84.6 Å². The number of hydrogen-bond donors (Lipinski definition) is 3. The molecule has 0 aliphatic rings. The van der Waals surface area contributed by atoms with Crippen molar-refractivity contribution < 1.29 is 14.6 Å². The van der Waals surface area contributed by atoms with Crippen molar-refractivity contribution in [2.75, 3.05) is 6.54 Å². The minimum atomic E-state index is -1.41. The van der Waals surface area contributed by atoms with Gasteiger partial charge in [0, 0.05) is 0 Å². The third-order valence-electron chi connectivity index (χ3n) is 0.990. The third-order valence-corrected chi connectivity index (χ3v) is 0.990. The van der Waals surface area contributed by atoms with Crippen molar-refractivity contribution in [3.8, 4) is 0 Å². The van der Waals surface area contributed by atoms with Crippen LogP contribution in [0.5, 0.6) is 0 Å². The average Bonchev–Trinajstić information content (AvgIpc) is 1.78. The SMILES string of the molecule is CC(N)(O)CNC(=O)OC(C)(C)C. The molecule has 13 heavy (non-hydrogen) atoms. The first kappa shape index (κ1) is 12.2. The molecule has 5 heteroatoms. The van der Waals surface area contributed by atoms with E-state index in [2.05, 4.69) is 5.32 Å². The van der Waals surface area contributed by atoms with Crippen molar-refractivity contribution in [2.45, 2.75) is 39.0 Å². The molecule has 0 heterocycles. The number of hydrogen-bond acceptors (Lipinski definition) is 4. The van der Waals surface area contributed by atoms with Crippen molar-refractivity contribution in [2.24, 2.45) is 5.73 Å². The zero-order valence-electron chi connectivity index (χ0n) is 8.55. The number of rotatable bonds is 2. The largest absolute Gasteiger partial charge is 0.444 e. The predicted molar refractivity (Wildman–Crippen MR) is 49.0 cm³/mol. The van der Waals surface area contributed by atoms with Gasteiger partial charge in [0.15, 0.2) is 0 Å². The lowest BCUT2D eigenvalue weighted by atomic mass is 10.2. The third kappa shape index (κ3) is 9.10. The molecule has 0 aromatic heterocycles. The molecule has 0 rings (SSSR count). The lowest BCUT2D eigenvalue weighted by Crippen LogP contribution is -2.48. The number of alkyl carbamates (subject to hydrolysis) is 1. The summed E-state index contributed by atoms with van der Waals surface area (Å²) < 4.78 is 4.92. The van der Waals surface area contributed by atoms with Crippen molar-refractivity contribution in [3.63, 3.8) is 0 Å². The van der Waals surface area contributed by atoms with Gasteiger partial charge in [0.05, 0.1) is 6.54 Å². The van der Waals surface area contributed by atoms with Crippen molar-refractivity contribution in [1.82, 2.24) is 5.32 Å². The van der Waals surface area contributed by atoms with Gasteiger partial charge in [-0.1, -0.05) is 0 Å². The van der Waals surface area contributed by atoms with E-state index in [4.69, 9.17) is 15.6 Å². The van der Waals surface area contributed by atoms with E-state index in [1.807, 2.05) is 0 Å². The summed E-state index contributed by atoms with van der Waals surface area (Å²) >= 11 is 0. The summed E-state index contributed by atoms with van der Waals surface area (Å²) in [6.45, 7) is 6.62. The quantitative estimate of drug-likeness (QED) is 0.542. The fraction of sp³-hybridized carbons (Fsp3) is 0.875. The zero-order chi connectivity index (χ0) is 10.7. The Hall–Kier alpha value is -0.810. The molecule has 0 saturated heterocycles. The molecule has 78 valence electrons. The highest BCUT2D eigenvalue weighted by atomic mass is 16.6. The van der Waals surface area contributed by atoms with E-state index < -0.39 is 17.4 Å². The van der Waals surface area contributed by atoms with Gasteiger partial charge in [-0.25, -0.2) is 4.79 Å². The molecule has 0 aromatic carbocycles. The second-order valence-electron chi connectivity index (χ2n) is 4.21. The fourth-order valence-corrected chi connectivity index (χ4v) is 0.565. The van der Waals surface area contributed by atoms with Crippen LogP contribution in [-0.2, 0) is 4.74 Å². The van der Waals surface area contributed by atoms with Crippen LogP contribution in [0.1, 0.15) is 27.7 Å². The second kappa shape index (κ2) is 3.93. The first-order chi connectivity index (χ1) is 5.60. The molecule has 0 fully saturated rings. The molecule has 0 spiro atoms. The van der Waals surface area contributed by atoms with Gasteiger partial charge in [0.25, 0.3) is 0 Å². The molecule has 4 N–H and O–H groups in total. The number of carbonyl (C=O) groups is 1. The van der Waals surface area contributed by atoms with Gasteiger partial charge in [-0.3, -0.25) is 0 Å². The van der Waals surface area contributed by atoms with Crippen LogP contribution in [0.2, 0.25) is 0 Å². The van der Waals surface area contributed by atoms with Crippen LogP contribution in [-0.4, -0.2) is 29.1 Å². The van der Waals surface area contributed by atoms with E-state index in [0.29, 0.717) is 0 Å². The Morgan fingerprint density at radius 3 is 2.23 bits per heavy atom. The van der Waals surface area contributed by atoms with Gasteiger partial charge in [0.2, 0.25) is 0 Å². The highest BCUT2D eigenvalue weighted by molar-refractivity contribution is 5.67. The van der Waals surface area contributed by atoms with E-state index in [1.165, 1.54) is 6.92 Å². The summed E-state index contributed by atoms with van der Waals surface area (Å²) in [4.78, 5) is 11.0. The first-order valence-corrected chi connectivity index (χ1v) is 4.08. The minimum Gasteiger partial charge on any atom is -0.444 e. The van der Waals surface area contributed by atoms with Gasteiger partial charge < -0.3 is 20.9 Å². The molecular weight excluding hydrogens is 172 g/mol. The Labute approximate surface area is 78.3 Å². The van der Waals surface area contributed by atoms with E-state index in [0.717, 1.165) is 0 Å². The van der Waals surface area contributed by atoms with Crippen LogP contribution in [0.4, 0.5) is 4.79 Å². The van der Waals surface area contributed by atoms with Gasteiger partial charge in [-0.15, -0.1) is 0 Å². The van der Waals surface area contributed by atoms with E-state index in [1.54, 1.807) is 20.8 Å². The van der Waals surface area contributed by atoms with E-state index >= 15 is 0 Å². The summed E-state index contributed by atoms with van der Waals surface area (Å²) in [5.41, 5.74) is 3.29. The Morgan fingerprint density at radius 2 is 1.92 bits per heavy atom. The van der Waals surface area contributed by atoms with Crippen LogP contribution < -0.4 is 11.1 Å². The van der Waals surface area contributed by atoms with Crippen molar-refractivity contribution >= 4 is 6.09 Å².